The van der Waals surface area contributed by atoms with Crippen molar-refractivity contribution < 1.29 is 26.3 Å². The van der Waals surface area contributed by atoms with Crippen LogP contribution in [0.1, 0.15) is 0 Å². The van der Waals surface area contributed by atoms with Gasteiger partial charge in [0.1, 0.15) is 17.5 Å². The summed E-state index contributed by atoms with van der Waals surface area (Å²) in [7, 11) is -4.41. The summed E-state index contributed by atoms with van der Waals surface area (Å²) in [4.78, 5) is -1.22. The SMILES string of the molecule is O=S(=O)(NCCOCCCl)c1c(F)cc(F)cc1F. The Bertz CT molecular complexity index is 516. The van der Waals surface area contributed by atoms with Crippen LogP contribution in [0, 0.1) is 17.5 Å². The summed E-state index contributed by atoms with van der Waals surface area (Å²) in [6.07, 6.45) is 0. The largest absolute Gasteiger partial charge is 0.379 e. The molecule has 0 aliphatic carbocycles. The molecule has 0 radical (unpaired) electrons. The first-order valence-corrected chi connectivity index (χ1v) is 7.18. The molecule has 0 heterocycles. The molecule has 0 aromatic heterocycles. The lowest BCUT2D eigenvalue weighted by molar-refractivity contribution is 0.155. The van der Waals surface area contributed by atoms with Crippen molar-refractivity contribution in [2.75, 3.05) is 25.6 Å². The molecule has 0 fully saturated rings. The van der Waals surface area contributed by atoms with Crippen LogP contribution in [0.25, 0.3) is 0 Å². The number of nitrogens with one attached hydrogen (secondary N) is 1. The van der Waals surface area contributed by atoms with Gasteiger partial charge in [-0.1, -0.05) is 0 Å². The van der Waals surface area contributed by atoms with Gasteiger partial charge in [-0.15, -0.1) is 11.6 Å². The van der Waals surface area contributed by atoms with Gasteiger partial charge in [-0.3, -0.25) is 0 Å². The maximum absolute atomic E-state index is 13.3. The van der Waals surface area contributed by atoms with E-state index in [2.05, 4.69) is 0 Å². The topological polar surface area (TPSA) is 55.4 Å². The highest BCUT2D eigenvalue weighted by Gasteiger charge is 2.24. The van der Waals surface area contributed by atoms with Gasteiger partial charge in [0.25, 0.3) is 0 Å². The monoisotopic (exact) mass is 317 g/mol. The molecule has 0 atom stereocenters. The highest BCUT2D eigenvalue weighted by Crippen LogP contribution is 2.19. The van der Waals surface area contributed by atoms with Gasteiger partial charge in [0.15, 0.2) is 4.90 Å². The van der Waals surface area contributed by atoms with Gasteiger partial charge in [0, 0.05) is 24.6 Å². The Morgan fingerprint density at radius 3 is 2.26 bits per heavy atom. The normalized spacial score (nSPS) is 11.8. The molecule has 0 bridgehead atoms. The van der Waals surface area contributed by atoms with Crippen molar-refractivity contribution >= 4 is 21.6 Å². The predicted molar refractivity (Wildman–Crippen MR) is 63.0 cm³/mol. The average molecular weight is 318 g/mol. The number of sulfonamides is 1. The van der Waals surface area contributed by atoms with Gasteiger partial charge in [0.2, 0.25) is 10.0 Å². The van der Waals surface area contributed by atoms with E-state index in [1.807, 2.05) is 4.72 Å². The van der Waals surface area contributed by atoms with Crippen LogP contribution < -0.4 is 4.72 Å². The number of alkyl halides is 1. The molecular weight excluding hydrogens is 307 g/mol. The lowest BCUT2D eigenvalue weighted by Crippen LogP contribution is -2.29. The third-order valence-electron chi connectivity index (χ3n) is 1.99. The molecule has 0 aliphatic rings. The average Bonchev–Trinajstić information content (AvgIpc) is 2.26. The quantitative estimate of drug-likeness (QED) is 0.614. The van der Waals surface area contributed by atoms with Crippen LogP contribution in [0.5, 0.6) is 0 Å². The summed E-state index contributed by atoms with van der Waals surface area (Å²) in [6.45, 7) is 0.0361. The van der Waals surface area contributed by atoms with Crippen molar-refractivity contribution in [3.63, 3.8) is 0 Å². The lowest BCUT2D eigenvalue weighted by Gasteiger charge is -2.08. The predicted octanol–water partition coefficient (Wildman–Crippen LogP) is 1.64. The summed E-state index contributed by atoms with van der Waals surface area (Å²) in [5, 5.41) is 0. The van der Waals surface area contributed by atoms with E-state index < -0.39 is 32.4 Å². The molecule has 1 rings (SSSR count). The molecule has 9 heteroatoms. The van der Waals surface area contributed by atoms with E-state index in [1.165, 1.54) is 0 Å². The van der Waals surface area contributed by atoms with Crippen LogP contribution in [0.15, 0.2) is 17.0 Å². The molecule has 0 unspecified atom stereocenters. The second-order valence-electron chi connectivity index (χ2n) is 3.40. The zero-order chi connectivity index (χ0) is 14.5. The Morgan fingerprint density at radius 1 is 1.16 bits per heavy atom. The molecule has 4 nitrogen and oxygen atoms in total. The number of halogens is 4. The van der Waals surface area contributed by atoms with Gasteiger partial charge in [-0.05, 0) is 0 Å². The highest BCUT2D eigenvalue weighted by molar-refractivity contribution is 7.89. The maximum Gasteiger partial charge on any atom is 0.246 e. The van der Waals surface area contributed by atoms with E-state index in [0.717, 1.165) is 0 Å². The summed E-state index contributed by atoms with van der Waals surface area (Å²) >= 11 is 5.32. The number of ether oxygens (including phenoxy) is 1. The van der Waals surface area contributed by atoms with Gasteiger partial charge in [0.05, 0.1) is 13.2 Å². The van der Waals surface area contributed by atoms with Crippen molar-refractivity contribution in [2.45, 2.75) is 4.90 Å². The Kier molecular flexibility index (Phi) is 6.05. The third kappa shape index (κ3) is 4.64. The van der Waals surface area contributed by atoms with Crippen molar-refractivity contribution in [2.24, 2.45) is 0 Å². The number of hydrogen-bond acceptors (Lipinski definition) is 3. The van der Waals surface area contributed by atoms with E-state index in [-0.39, 0.29) is 25.6 Å². The summed E-state index contributed by atoms with van der Waals surface area (Å²) in [5.74, 6) is -3.94. The highest BCUT2D eigenvalue weighted by atomic mass is 35.5. The standard InChI is InChI=1S/C10H11ClF3NO3S/c11-1-3-18-4-2-15-19(16,17)10-8(13)5-7(12)6-9(10)14/h5-6,15H,1-4H2. The fourth-order valence-corrected chi connectivity index (χ4v) is 2.50. The molecule has 0 saturated heterocycles. The van der Waals surface area contributed by atoms with Crippen LogP contribution >= 0.6 is 11.6 Å². The zero-order valence-electron chi connectivity index (χ0n) is 9.63. The van der Waals surface area contributed by atoms with E-state index in [4.69, 9.17) is 16.3 Å². The summed E-state index contributed by atoms with van der Waals surface area (Å²) in [5.41, 5.74) is 0. The van der Waals surface area contributed by atoms with Crippen LogP contribution in [0.4, 0.5) is 13.2 Å². The van der Waals surface area contributed by atoms with E-state index in [0.29, 0.717) is 12.1 Å². The first-order valence-electron chi connectivity index (χ1n) is 5.16. The molecule has 1 N–H and O–H groups in total. The van der Waals surface area contributed by atoms with E-state index >= 15 is 0 Å². The first kappa shape index (κ1) is 16.2. The fraction of sp³-hybridized carbons (Fsp3) is 0.400. The molecule has 1 aromatic carbocycles. The number of benzene rings is 1. The smallest absolute Gasteiger partial charge is 0.246 e. The molecule has 19 heavy (non-hydrogen) atoms. The first-order chi connectivity index (χ1) is 8.88. The van der Waals surface area contributed by atoms with Crippen molar-refractivity contribution in [3.8, 4) is 0 Å². The van der Waals surface area contributed by atoms with Crippen LogP contribution in [-0.4, -0.2) is 34.1 Å². The number of hydrogen-bond donors (Lipinski definition) is 1. The van der Waals surface area contributed by atoms with Gasteiger partial charge in [-0.25, -0.2) is 26.3 Å². The second kappa shape index (κ2) is 7.09. The van der Waals surface area contributed by atoms with Crippen molar-refractivity contribution in [1.29, 1.82) is 0 Å². The molecular formula is C10H11ClF3NO3S. The molecule has 0 aliphatic heterocycles. The van der Waals surface area contributed by atoms with E-state index in [9.17, 15) is 21.6 Å². The molecule has 0 amide bonds. The second-order valence-corrected chi connectivity index (χ2v) is 5.48. The Balaban J connectivity index is 2.78. The Labute approximate surface area is 113 Å². The molecule has 1 aromatic rings. The minimum atomic E-state index is -4.41. The van der Waals surface area contributed by atoms with Gasteiger partial charge < -0.3 is 4.74 Å². The van der Waals surface area contributed by atoms with E-state index in [1.54, 1.807) is 0 Å². The van der Waals surface area contributed by atoms with Gasteiger partial charge >= 0.3 is 0 Å². The molecule has 0 saturated carbocycles. The number of rotatable bonds is 7. The van der Waals surface area contributed by atoms with Gasteiger partial charge in [-0.2, -0.15) is 0 Å². The minimum absolute atomic E-state index is 0.00359. The molecule has 0 spiro atoms. The van der Waals surface area contributed by atoms with Crippen molar-refractivity contribution in [1.82, 2.24) is 4.72 Å². The third-order valence-corrected chi connectivity index (χ3v) is 3.66. The zero-order valence-corrected chi connectivity index (χ0v) is 11.2. The van der Waals surface area contributed by atoms with Crippen LogP contribution in [-0.2, 0) is 14.8 Å². The lowest BCUT2D eigenvalue weighted by atomic mass is 10.3. The fourth-order valence-electron chi connectivity index (χ4n) is 1.26. The minimum Gasteiger partial charge on any atom is -0.379 e. The Hall–Kier alpha value is -0.830. The van der Waals surface area contributed by atoms with Crippen LogP contribution in [0.3, 0.4) is 0 Å². The van der Waals surface area contributed by atoms with Crippen LogP contribution in [0.2, 0.25) is 0 Å². The molecule has 108 valence electrons. The Morgan fingerprint density at radius 2 is 1.74 bits per heavy atom. The maximum atomic E-state index is 13.3. The van der Waals surface area contributed by atoms with Crippen molar-refractivity contribution in [3.05, 3.63) is 29.6 Å². The summed E-state index contributed by atoms with van der Waals surface area (Å²) < 4.78 is 69.3. The summed E-state index contributed by atoms with van der Waals surface area (Å²) in [6, 6.07) is 0.587.